The zero-order valence-corrected chi connectivity index (χ0v) is 31.8. The molecule has 12 rings (SSSR count). The maximum absolute atomic E-state index is 7.80. The van der Waals surface area contributed by atoms with Crippen molar-refractivity contribution < 1.29 is 29.9 Å². The Labute approximate surface area is 340 Å². The van der Waals surface area contributed by atoms with Crippen LogP contribution in [0.15, 0.2) is 158 Å². The van der Waals surface area contributed by atoms with Crippen LogP contribution in [0.4, 0.5) is 22.7 Å². The summed E-state index contributed by atoms with van der Waals surface area (Å²) in [7, 11) is 0. The number of fused-ring (bicyclic) bond motifs is 11. The molecule has 0 radical (unpaired) electrons. The normalized spacial score (nSPS) is 13.8. The molecule has 0 unspecified atom stereocenters. The SMILES string of the molecule is [2H]C([2H])([2H])c1ccc(N2[CH-]N(c3[c-]c(Oc4[c-]c5c(cc4)c4cccc6c7cccc8c9ccccc9n(c9cccnc9n5c46)c87)ccc3)c3ccccc32)cc1.[Pt]. The molecule has 0 spiro atoms. The first-order valence-corrected chi connectivity index (χ1v) is 18.2. The predicted molar refractivity (Wildman–Crippen MR) is 224 cm³/mol. The maximum atomic E-state index is 7.80. The van der Waals surface area contributed by atoms with Crippen molar-refractivity contribution in [1.82, 2.24) is 13.8 Å². The molecule has 270 valence electrons. The second-order valence-electron chi connectivity index (χ2n) is 13.9. The monoisotopic (exact) mass is 902 g/mol. The van der Waals surface area contributed by atoms with Gasteiger partial charge >= 0.3 is 0 Å². The van der Waals surface area contributed by atoms with Gasteiger partial charge in [0.25, 0.3) is 0 Å². The minimum atomic E-state index is -2.17. The maximum Gasteiger partial charge on any atom is 0.160 e. The van der Waals surface area contributed by atoms with Crippen LogP contribution >= 0.6 is 0 Å². The van der Waals surface area contributed by atoms with E-state index >= 15 is 0 Å². The van der Waals surface area contributed by atoms with Crippen molar-refractivity contribution in [2.75, 3.05) is 9.80 Å². The van der Waals surface area contributed by atoms with Crippen molar-refractivity contribution in [3.05, 3.63) is 182 Å². The summed E-state index contributed by atoms with van der Waals surface area (Å²) < 4.78 is 34.6. The van der Waals surface area contributed by atoms with Gasteiger partial charge in [0.2, 0.25) is 0 Å². The number of hydrogen-bond donors (Lipinski definition) is 0. The van der Waals surface area contributed by atoms with Crippen LogP contribution in [0.3, 0.4) is 0 Å². The van der Waals surface area contributed by atoms with Gasteiger partial charge in [0.15, 0.2) is 5.65 Å². The fourth-order valence-electron chi connectivity index (χ4n) is 8.57. The number of pyridine rings is 1. The average molecular weight is 903 g/mol. The number of benzene rings is 7. The number of nitrogens with zero attached hydrogens (tertiary/aromatic N) is 5. The van der Waals surface area contributed by atoms with Crippen molar-refractivity contribution in [3.8, 4) is 11.5 Å². The van der Waals surface area contributed by atoms with Gasteiger partial charge in [0.05, 0.1) is 16.6 Å². The summed E-state index contributed by atoms with van der Waals surface area (Å²) in [6, 6.07) is 58.1. The molecule has 11 aromatic rings. The summed E-state index contributed by atoms with van der Waals surface area (Å²) in [5.41, 5.74) is 9.91. The van der Waals surface area contributed by atoms with Gasteiger partial charge in [-0.2, -0.15) is 12.1 Å². The molecule has 0 N–H and O–H groups in total. The van der Waals surface area contributed by atoms with Gasteiger partial charge in [-0.25, -0.2) is 4.98 Å². The Balaban J connectivity index is 0.00000397. The smallest absolute Gasteiger partial charge is 0.160 e. The standard InChI is InChI=1S/C49H30N5O.Pt/c1-31-21-23-32(24-22-31)51-30-52(44-19-5-4-18-43(44)51)33-10-6-11-34(28-33)55-35-25-26-37-39-14-8-16-41-40-15-7-13-38-36-12-2-3-17-42(36)53(47(38)40)45-20-9-27-50-49(45)54(48(39)41)46(37)29-35;/h2-27,30H,1H3;/q-3;/i1D3;. The Bertz CT molecular complexity index is 3490. The van der Waals surface area contributed by atoms with Crippen LogP contribution in [0, 0.1) is 25.7 Å². The third-order valence-corrected chi connectivity index (χ3v) is 10.9. The molecule has 1 aliphatic rings. The van der Waals surface area contributed by atoms with Gasteiger partial charge in [-0.3, -0.25) is 0 Å². The fourth-order valence-corrected chi connectivity index (χ4v) is 8.57. The number of rotatable bonds is 4. The summed E-state index contributed by atoms with van der Waals surface area (Å²) in [4.78, 5) is 9.20. The van der Waals surface area contributed by atoms with Crippen LogP contribution in [-0.2, 0) is 21.1 Å². The molecule has 0 fully saturated rings. The summed E-state index contributed by atoms with van der Waals surface area (Å²) in [5, 5.41) is 6.86. The number of para-hydroxylation sites is 5. The van der Waals surface area contributed by atoms with Crippen LogP contribution in [0.25, 0.3) is 65.5 Å². The van der Waals surface area contributed by atoms with E-state index in [0.717, 1.165) is 77.5 Å². The van der Waals surface area contributed by atoms with Gasteiger partial charge in [-0.05, 0) is 54.7 Å². The molecular formula is C49H30N5OPt-3. The van der Waals surface area contributed by atoms with E-state index in [1.807, 2.05) is 73.5 Å². The van der Waals surface area contributed by atoms with Crippen molar-refractivity contribution in [3.63, 3.8) is 0 Å². The van der Waals surface area contributed by atoms with E-state index in [-0.39, 0.29) is 21.1 Å². The first kappa shape index (κ1) is 29.7. The van der Waals surface area contributed by atoms with Crippen LogP contribution in [-0.4, -0.2) is 13.8 Å². The summed E-state index contributed by atoms with van der Waals surface area (Å²) >= 11 is 0. The Morgan fingerprint density at radius 2 is 1.20 bits per heavy atom. The third kappa shape index (κ3) is 4.69. The Hall–Kier alpha value is -6.62. The van der Waals surface area contributed by atoms with Crippen molar-refractivity contribution in [2.24, 2.45) is 0 Å². The third-order valence-electron chi connectivity index (χ3n) is 10.9. The zero-order chi connectivity index (χ0) is 38.7. The minimum absolute atomic E-state index is 0. The molecule has 0 saturated carbocycles. The van der Waals surface area contributed by atoms with Gasteiger partial charge in [0.1, 0.15) is 0 Å². The topological polar surface area (TPSA) is 37.4 Å². The Morgan fingerprint density at radius 1 is 0.554 bits per heavy atom. The van der Waals surface area contributed by atoms with E-state index in [1.165, 1.54) is 10.8 Å². The van der Waals surface area contributed by atoms with Crippen molar-refractivity contribution in [1.29, 1.82) is 0 Å². The summed E-state index contributed by atoms with van der Waals surface area (Å²) in [5.74, 6) is 1.09. The number of aromatic nitrogens is 3. The molecule has 0 amide bonds. The molecular weight excluding hydrogens is 870 g/mol. The zero-order valence-electron chi connectivity index (χ0n) is 32.5. The van der Waals surface area contributed by atoms with E-state index in [1.54, 1.807) is 12.1 Å². The van der Waals surface area contributed by atoms with E-state index in [2.05, 4.69) is 110 Å². The van der Waals surface area contributed by atoms with E-state index in [4.69, 9.17) is 13.8 Å². The molecule has 0 saturated heterocycles. The molecule has 6 nitrogen and oxygen atoms in total. The van der Waals surface area contributed by atoms with Gasteiger partial charge in [0, 0.05) is 87.0 Å². The minimum Gasteiger partial charge on any atom is -0.509 e. The fraction of sp³-hybridized carbons (Fsp3) is 0.0204. The predicted octanol–water partition coefficient (Wildman–Crippen LogP) is 12.5. The molecule has 4 aromatic heterocycles. The second-order valence-corrected chi connectivity index (χ2v) is 13.9. The molecule has 7 aromatic carbocycles. The first-order chi connectivity index (χ1) is 28.4. The molecule has 1 aliphatic heterocycles. The van der Waals surface area contributed by atoms with Crippen LogP contribution in [0.2, 0.25) is 0 Å². The first-order valence-electron chi connectivity index (χ1n) is 19.7. The Morgan fingerprint density at radius 3 is 2.00 bits per heavy atom. The second kappa shape index (κ2) is 12.5. The van der Waals surface area contributed by atoms with Gasteiger partial charge in [-0.1, -0.05) is 89.9 Å². The van der Waals surface area contributed by atoms with Gasteiger partial charge < -0.3 is 23.3 Å². The molecule has 7 heteroatoms. The van der Waals surface area contributed by atoms with Crippen molar-refractivity contribution >= 4 is 88.3 Å². The number of aryl methyl sites for hydroxylation is 1. The molecule has 0 atom stereocenters. The van der Waals surface area contributed by atoms with Crippen molar-refractivity contribution in [2.45, 2.75) is 6.85 Å². The van der Waals surface area contributed by atoms with E-state index in [9.17, 15) is 0 Å². The van der Waals surface area contributed by atoms with E-state index in [0.29, 0.717) is 17.1 Å². The molecule has 0 bridgehead atoms. The van der Waals surface area contributed by atoms with Gasteiger partial charge in [-0.15, -0.1) is 48.1 Å². The average Bonchev–Trinajstić information content (AvgIpc) is 3.91. The molecule has 0 aliphatic carbocycles. The molecule has 5 heterocycles. The number of hydrogen-bond acceptors (Lipinski definition) is 4. The summed E-state index contributed by atoms with van der Waals surface area (Å²) in [6.45, 7) is -0.173. The van der Waals surface area contributed by atoms with Crippen LogP contribution in [0.1, 0.15) is 9.68 Å². The van der Waals surface area contributed by atoms with E-state index < -0.39 is 6.85 Å². The quantitative estimate of drug-likeness (QED) is 0.165. The number of ether oxygens (including phenoxy) is 1. The summed E-state index contributed by atoms with van der Waals surface area (Å²) in [6.07, 6.45) is 1.86. The largest absolute Gasteiger partial charge is 0.509 e. The Kier molecular flexibility index (Phi) is 6.61. The van der Waals surface area contributed by atoms with Crippen LogP contribution in [0.5, 0.6) is 11.5 Å². The van der Waals surface area contributed by atoms with Crippen LogP contribution < -0.4 is 14.5 Å². The molecule has 56 heavy (non-hydrogen) atoms. The number of anilines is 4.